The monoisotopic (exact) mass is 255 g/mol. The van der Waals surface area contributed by atoms with Crippen molar-refractivity contribution in [3.05, 3.63) is 16.9 Å². The van der Waals surface area contributed by atoms with Crippen LogP contribution < -0.4 is 5.32 Å². The SMILES string of the molecule is CCNC1CCC(c2c(Cl)cnn2CC)C1C. The molecule has 1 aliphatic rings. The predicted octanol–water partition coefficient (Wildman–Crippen LogP) is 3.05. The van der Waals surface area contributed by atoms with E-state index in [2.05, 4.69) is 35.9 Å². The molecule has 2 rings (SSSR count). The van der Waals surface area contributed by atoms with E-state index in [-0.39, 0.29) is 0 Å². The van der Waals surface area contributed by atoms with Gasteiger partial charge in [0.2, 0.25) is 0 Å². The fourth-order valence-corrected chi connectivity index (χ4v) is 3.38. The molecule has 0 spiro atoms. The zero-order valence-electron chi connectivity index (χ0n) is 10.9. The van der Waals surface area contributed by atoms with Gasteiger partial charge in [0, 0.05) is 18.5 Å². The molecular weight excluding hydrogens is 234 g/mol. The van der Waals surface area contributed by atoms with Gasteiger partial charge in [-0.1, -0.05) is 25.4 Å². The van der Waals surface area contributed by atoms with Crippen molar-refractivity contribution >= 4 is 11.6 Å². The maximum absolute atomic E-state index is 6.29. The van der Waals surface area contributed by atoms with Crippen LogP contribution in [0.4, 0.5) is 0 Å². The molecule has 1 aromatic heterocycles. The summed E-state index contributed by atoms with van der Waals surface area (Å²) in [6.07, 6.45) is 4.24. The van der Waals surface area contributed by atoms with Crippen molar-refractivity contribution in [3.8, 4) is 0 Å². The Morgan fingerprint density at radius 3 is 2.88 bits per heavy atom. The lowest BCUT2D eigenvalue weighted by Crippen LogP contribution is -2.32. The van der Waals surface area contributed by atoms with Crippen molar-refractivity contribution in [2.24, 2.45) is 5.92 Å². The second-order valence-electron chi connectivity index (χ2n) is 4.90. The highest BCUT2D eigenvalue weighted by atomic mass is 35.5. The van der Waals surface area contributed by atoms with Crippen molar-refractivity contribution in [1.29, 1.82) is 0 Å². The lowest BCUT2D eigenvalue weighted by Gasteiger charge is -2.22. The number of hydrogen-bond acceptors (Lipinski definition) is 2. The van der Waals surface area contributed by atoms with Gasteiger partial charge in [-0.2, -0.15) is 5.10 Å². The lowest BCUT2D eigenvalue weighted by atomic mass is 9.92. The highest BCUT2D eigenvalue weighted by Gasteiger charge is 2.36. The van der Waals surface area contributed by atoms with E-state index in [0.29, 0.717) is 17.9 Å². The summed E-state index contributed by atoms with van der Waals surface area (Å²) in [7, 11) is 0. The normalized spacial score (nSPS) is 28.8. The average molecular weight is 256 g/mol. The highest BCUT2D eigenvalue weighted by Crippen LogP contribution is 2.41. The molecule has 96 valence electrons. The first-order chi connectivity index (χ1) is 8.19. The average Bonchev–Trinajstić information content (AvgIpc) is 2.84. The van der Waals surface area contributed by atoms with Crippen LogP contribution in [0, 0.1) is 5.92 Å². The topological polar surface area (TPSA) is 29.9 Å². The number of rotatable bonds is 4. The van der Waals surface area contributed by atoms with Crippen LogP contribution in [0.3, 0.4) is 0 Å². The van der Waals surface area contributed by atoms with Gasteiger partial charge >= 0.3 is 0 Å². The molecule has 17 heavy (non-hydrogen) atoms. The Hall–Kier alpha value is -0.540. The van der Waals surface area contributed by atoms with Gasteiger partial charge in [0.1, 0.15) is 0 Å². The van der Waals surface area contributed by atoms with E-state index in [1.165, 1.54) is 18.5 Å². The number of halogens is 1. The molecule has 3 nitrogen and oxygen atoms in total. The van der Waals surface area contributed by atoms with E-state index in [1.807, 2.05) is 0 Å². The molecule has 1 fully saturated rings. The molecule has 1 saturated carbocycles. The van der Waals surface area contributed by atoms with Crippen LogP contribution in [-0.2, 0) is 6.54 Å². The zero-order chi connectivity index (χ0) is 12.4. The van der Waals surface area contributed by atoms with Crippen LogP contribution in [0.15, 0.2) is 6.20 Å². The molecule has 0 radical (unpaired) electrons. The van der Waals surface area contributed by atoms with E-state index < -0.39 is 0 Å². The summed E-state index contributed by atoms with van der Waals surface area (Å²) in [6, 6.07) is 0.626. The quantitative estimate of drug-likeness (QED) is 0.896. The second-order valence-corrected chi connectivity index (χ2v) is 5.31. The van der Waals surface area contributed by atoms with Crippen LogP contribution in [0.5, 0.6) is 0 Å². The molecule has 1 heterocycles. The van der Waals surface area contributed by atoms with Gasteiger partial charge in [0.25, 0.3) is 0 Å². The first-order valence-corrected chi connectivity index (χ1v) is 7.01. The van der Waals surface area contributed by atoms with Crippen LogP contribution in [0.1, 0.15) is 45.2 Å². The van der Waals surface area contributed by atoms with Gasteiger partial charge in [-0.15, -0.1) is 0 Å². The summed E-state index contributed by atoms with van der Waals surface area (Å²) in [5.41, 5.74) is 1.24. The molecule has 0 aliphatic heterocycles. The number of hydrogen-bond donors (Lipinski definition) is 1. The van der Waals surface area contributed by atoms with Gasteiger partial charge in [-0.05, 0) is 32.2 Å². The second kappa shape index (κ2) is 5.40. The smallest absolute Gasteiger partial charge is 0.0820 e. The Bertz CT molecular complexity index is 375. The van der Waals surface area contributed by atoms with Gasteiger partial charge in [-0.3, -0.25) is 4.68 Å². The first-order valence-electron chi connectivity index (χ1n) is 6.63. The minimum Gasteiger partial charge on any atom is -0.314 e. The highest BCUT2D eigenvalue weighted by molar-refractivity contribution is 6.31. The van der Waals surface area contributed by atoms with Gasteiger partial charge in [0.05, 0.1) is 16.9 Å². The van der Waals surface area contributed by atoms with E-state index in [4.69, 9.17) is 11.6 Å². The summed E-state index contributed by atoms with van der Waals surface area (Å²) in [6.45, 7) is 8.56. The molecule has 0 amide bonds. The van der Waals surface area contributed by atoms with Gasteiger partial charge in [-0.25, -0.2) is 0 Å². The molecule has 3 unspecified atom stereocenters. The number of nitrogens with zero attached hydrogens (tertiary/aromatic N) is 2. The summed E-state index contributed by atoms with van der Waals surface area (Å²) < 4.78 is 2.05. The van der Waals surface area contributed by atoms with E-state index in [9.17, 15) is 0 Å². The van der Waals surface area contributed by atoms with Crippen molar-refractivity contribution in [2.75, 3.05) is 6.54 Å². The minimum atomic E-state index is 0.550. The summed E-state index contributed by atoms with van der Waals surface area (Å²) in [5.74, 6) is 1.18. The third-order valence-corrected chi connectivity index (χ3v) is 4.30. The minimum absolute atomic E-state index is 0.550. The van der Waals surface area contributed by atoms with Gasteiger partial charge in [0.15, 0.2) is 0 Å². The summed E-state index contributed by atoms with van der Waals surface area (Å²) >= 11 is 6.29. The molecular formula is C13H22ClN3. The molecule has 1 aromatic rings. The molecule has 1 aliphatic carbocycles. The van der Waals surface area contributed by atoms with Crippen molar-refractivity contribution < 1.29 is 0 Å². The fraction of sp³-hybridized carbons (Fsp3) is 0.769. The zero-order valence-corrected chi connectivity index (χ0v) is 11.7. The molecule has 3 atom stereocenters. The van der Waals surface area contributed by atoms with E-state index in [1.54, 1.807) is 6.20 Å². The predicted molar refractivity (Wildman–Crippen MR) is 71.5 cm³/mol. The van der Waals surface area contributed by atoms with E-state index >= 15 is 0 Å². The molecule has 0 bridgehead atoms. The maximum Gasteiger partial charge on any atom is 0.0820 e. The Morgan fingerprint density at radius 1 is 1.47 bits per heavy atom. The van der Waals surface area contributed by atoms with E-state index in [0.717, 1.165) is 18.1 Å². The van der Waals surface area contributed by atoms with Crippen molar-refractivity contribution in [1.82, 2.24) is 15.1 Å². The Morgan fingerprint density at radius 2 is 2.24 bits per heavy atom. The largest absolute Gasteiger partial charge is 0.314 e. The van der Waals surface area contributed by atoms with Crippen molar-refractivity contribution in [3.63, 3.8) is 0 Å². The molecule has 1 N–H and O–H groups in total. The van der Waals surface area contributed by atoms with Crippen LogP contribution in [-0.4, -0.2) is 22.4 Å². The fourth-order valence-electron chi connectivity index (χ4n) is 3.09. The van der Waals surface area contributed by atoms with Crippen LogP contribution in [0.25, 0.3) is 0 Å². The number of nitrogens with one attached hydrogen (secondary N) is 1. The van der Waals surface area contributed by atoms with Crippen LogP contribution in [0.2, 0.25) is 5.02 Å². The lowest BCUT2D eigenvalue weighted by molar-refractivity contribution is 0.399. The maximum atomic E-state index is 6.29. The Kier molecular flexibility index (Phi) is 4.10. The third kappa shape index (κ3) is 2.36. The standard InChI is InChI=1S/C13H22ClN3/c1-4-15-12-7-6-10(9(12)3)13-11(14)8-16-17(13)5-2/h8-10,12,15H,4-7H2,1-3H3. The Labute approximate surface area is 109 Å². The summed E-state index contributed by atoms with van der Waals surface area (Å²) in [5, 5.41) is 8.75. The van der Waals surface area contributed by atoms with Crippen LogP contribution >= 0.6 is 11.6 Å². The summed E-state index contributed by atoms with van der Waals surface area (Å²) in [4.78, 5) is 0. The van der Waals surface area contributed by atoms with Crippen molar-refractivity contribution in [2.45, 2.75) is 52.1 Å². The molecule has 0 aromatic carbocycles. The molecule has 0 saturated heterocycles. The third-order valence-electron chi connectivity index (χ3n) is 4.01. The number of aromatic nitrogens is 2. The van der Waals surface area contributed by atoms with Gasteiger partial charge < -0.3 is 5.32 Å². The number of aryl methyl sites for hydroxylation is 1. The molecule has 4 heteroatoms. The first kappa shape index (κ1) is 12.9. The Balaban J connectivity index is 2.20.